The summed E-state index contributed by atoms with van der Waals surface area (Å²) in [6.45, 7) is 6.59. The minimum atomic E-state index is -0.0982. The average molecular weight is 247 g/mol. The predicted octanol–water partition coefficient (Wildman–Crippen LogP) is 2.40. The van der Waals surface area contributed by atoms with E-state index in [0.29, 0.717) is 19.1 Å². The van der Waals surface area contributed by atoms with Crippen molar-refractivity contribution in [3.63, 3.8) is 0 Å². The molecule has 2 atom stereocenters. The Morgan fingerprint density at radius 2 is 2.00 bits per heavy atom. The summed E-state index contributed by atoms with van der Waals surface area (Å²) in [6, 6.07) is 0.757. The average Bonchev–Trinajstić information content (AvgIpc) is 2.24. The van der Waals surface area contributed by atoms with Crippen molar-refractivity contribution in [3.8, 4) is 0 Å². The molecule has 0 rings (SSSR count). The summed E-state index contributed by atoms with van der Waals surface area (Å²) in [5.74, 6) is 1.07. The maximum Gasteiger partial charge on any atom is 0.307 e. The van der Waals surface area contributed by atoms with Gasteiger partial charge in [0.1, 0.15) is 0 Å². The molecule has 2 unspecified atom stereocenters. The molecule has 0 saturated heterocycles. The van der Waals surface area contributed by atoms with Gasteiger partial charge in [-0.25, -0.2) is 0 Å². The summed E-state index contributed by atoms with van der Waals surface area (Å²) in [6.07, 6.45) is 3.76. The number of rotatable bonds is 8. The Labute approximate surface area is 104 Å². The molecule has 0 aromatic rings. The number of hydrogen-bond acceptors (Lipinski definition) is 4. The van der Waals surface area contributed by atoms with Gasteiger partial charge in [-0.15, -0.1) is 0 Å². The summed E-state index contributed by atoms with van der Waals surface area (Å²) in [5.41, 5.74) is 0. The van der Waals surface area contributed by atoms with Gasteiger partial charge in [0.05, 0.1) is 13.0 Å². The molecule has 0 aromatic heterocycles. The lowest BCUT2D eigenvalue weighted by Gasteiger charge is -2.30. The molecule has 0 aliphatic heterocycles. The molecule has 0 heterocycles. The van der Waals surface area contributed by atoms with Crippen molar-refractivity contribution in [2.24, 2.45) is 0 Å². The third kappa shape index (κ3) is 6.38. The Bertz CT molecular complexity index is 199. The molecule has 0 radical (unpaired) electrons. The number of thioether (sulfide) groups is 1. The van der Waals surface area contributed by atoms with E-state index in [0.717, 1.165) is 12.2 Å². The maximum absolute atomic E-state index is 11.3. The second kappa shape index (κ2) is 8.88. The third-order valence-corrected chi connectivity index (χ3v) is 3.54. The molecule has 4 heteroatoms. The van der Waals surface area contributed by atoms with Crippen LogP contribution in [0.25, 0.3) is 0 Å². The second-order valence-corrected chi connectivity index (χ2v) is 5.14. The van der Waals surface area contributed by atoms with E-state index in [9.17, 15) is 4.79 Å². The van der Waals surface area contributed by atoms with Crippen LogP contribution in [0.2, 0.25) is 0 Å². The van der Waals surface area contributed by atoms with Gasteiger partial charge in [-0.3, -0.25) is 4.79 Å². The van der Waals surface area contributed by atoms with Crippen LogP contribution in [0.15, 0.2) is 0 Å². The Hall–Kier alpha value is -0.220. The Kier molecular flexibility index (Phi) is 8.76. The van der Waals surface area contributed by atoms with E-state index in [4.69, 9.17) is 4.74 Å². The van der Waals surface area contributed by atoms with Gasteiger partial charge in [-0.2, -0.15) is 11.8 Å². The molecular weight excluding hydrogens is 222 g/mol. The molecule has 0 fully saturated rings. The highest BCUT2D eigenvalue weighted by Crippen LogP contribution is 2.11. The van der Waals surface area contributed by atoms with E-state index in [1.165, 1.54) is 0 Å². The summed E-state index contributed by atoms with van der Waals surface area (Å²) < 4.78 is 4.95. The molecule has 0 amide bonds. The van der Waals surface area contributed by atoms with Gasteiger partial charge in [0, 0.05) is 12.1 Å². The van der Waals surface area contributed by atoms with Crippen molar-refractivity contribution in [3.05, 3.63) is 0 Å². The maximum atomic E-state index is 11.3. The fourth-order valence-electron chi connectivity index (χ4n) is 1.53. The summed E-state index contributed by atoms with van der Waals surface area (Å²) >= 11 is 1.86. The van der Waals surface area contributed by atoms with Crippen molar-refractivity contribution < 1.29 is 9.53 Å². The zero-order valence-corrected chi connectivity index (χ0v) is 12.0. The molecule has 0 aromatic carbocycles. The number of carbonyl (C=O) groups excluding carboxylic acids is 1. The number of carbonyl (C=O) groups is 1. The molecule has 0 bridgehead atoms. The predicted molar refractivity (Wildman–Crippen MR) is 70.9 cm³/mol. The van der Waals surface area contributed by atoms with E-state index in [2.05, 4.69) is 32.1 Å². The molecule has 0 aliphatic carbocycles. The van der Waals surface area contributed by atoms with Gasteiger partial charge in [-0.1, -0.05) is 0 Å². The SMILES string of the molecule is CCOC(=O)CC(C)N(C)C(C)CCSC. The topological polar surface area (TPSA) is 29.5 Å². The Morgan fingerprint density at radius 1 is 1.38 bits per heavy atom. The minimum absolute atomic E-state index is 0.0982. The van der Waals surface area contributed by atoms with Crippen LogP contribution in [0.5, 0.6) is 0 Å². The van der Waals surface area contributed by atoms with Crippen LogP contribution in [-0.4, -0.2) is 48.6 Å². The summed E-state index contributed by atoms with van der Waals surface area (Å²) in [4.78, 5) is 13.6. The first-order valence-corrected chi connectivity index (χ1v) is 7.28. The number of hydrogen-bond donors (Lipinski definition) is 0. The second-order valence-electron chi connectivity index (χ2n) is 4.15. The highest BCUT2D eigenvalue weighted by molar-refractivity contribution is 7.98. The number of esters is 1. The zero-order valence-electron chi connectivity index (χ0n) is 11.2. The van der Waals surface area contributed by atoms with Crippen molar-refractivity contribution in [1.82, 2.24) is 4.90 Å². The normalized spacial score (nSPS) is 14.9. The first-order chi connectivity index (χ1) is 7.52. The number of nitrogens with zero attached hydrogens (tertiary/aromatic N) is 1. The molecule has 0 saturated carbocycles. The van der Waals surface area contributed by atoms with E-state index in [1.54, 1.807) is 0 Å². The lowest BCUT2D eigenvalue weighted by molar-refractivity contribution is -0.144. The van der Waals surface area contributed by atoms with Crippen LogP contribution in [0.1, 0.15) is 33.6 Å². The van der Waals surface area contributed by atoms with Crippen LogP contribution >= 0.6 is 11.8 Å². The molecule has 0 spiro atoms. The van der Waals surface area contributed by atoms with Crippen molar-refractivity contribution in [1.29, 1.82) is 0 Å². The highest BCUT2D eigenvalue weighted by atomic mass is 32.2. The van der Waals surface area contributed by atoms with E-state index >= 15 is 0 Å². The van der Waals surface area contributed by atoms with Gasteiger partial charge >= 0.3 is 5.97 Å². The van der Waals surface area contributed by atoms with Gasteiger partial charge < -0.3 is 9.64 Å². The Balaban J connectivity index is 3.96. The zero-order chi connectivity index (χ0) is 12.6. The highest BCUT2D eigenvalue weighted by Gasteiger charge is 2.18. The Morgan fingerprint density at radius 3 is 2.50 bits per heavy atom. The first kappa shape index (κ1) is 15.8. The van der Waals surface area contributed by atoms with Crippen molar-refractivity contribution >= 4 is 17.7 Å². The van der Waals surface area contributed by atoms with E-state index in [1.807, 2.05) is 18.7 Å². The third-order valence-electron chi connectivity index (χ3n) is 2.90. The fraction of sp³-hybridized carbons (Fsp3) is 0.917. The molecule has 0 N–H and O–H groups in total. The van der Waals surface area contributed by atoms with Crippen LogP contribution in [-0.2, 0) is 9.53 Å². The largest absolute Gasteiger partial charge is 0.466 e. The van der Waals surface area contributed by atoms with Crippen molar-refractivity contribution in [2.45, 2.75) is 45.7 Å². The summed E-state index contributed by atoms with van der Waals surface area (Å²) in [5, 5.41) is 0. The number of ether oxygens (including phenoxy) is 1. The monoisotopic (exact) mass is 247 g/mol. The van der Waals surface area contributed by atoms with Gasteiger partial charge in [-0.05, 0) is 46.2 Å². The van der Waals surface area contributed by atoms with Gasteiger partial charge in [0.15, 0.2) is 0 Å². The quantitative estimate of drug-likeness (QED) is 0.616. The lowest BCUT2D eigenvalue weighted by Crippen LogP contribution is -2.38. The van der Waals surface area contributed by atoms with Crippen LogP contribution in [0.3, 0.4) is 0 Å². The van der Waals surface area contributed by atoms with Crippen LogP contribution < -0.4 is 0 Å². The smallest absolute Gasteiger partial charge is 0.307 e. The standard InChI is InChI=1S/C12H25NO2S/c1-6-15-12(14)9-11(3)13(4)10(2)7-8-16-5/h10-11H,6-9H2,1-5H3. The fourth-order valence-corrected chi connectivity index (χ4v) is 2.11. The van der Waals surface area contributed by atoms with E-state index < -0.39 is 0 Å². The van der Waals surface area contributed by atoms with E-state index in [-0.39, 0.29) is 12.0 Å². The molecule has 16 heavy (non-hydrogen) atoms. The van der Waals surface area contributed by atoms with Crippen LogP contribution in [0.4, 0.5) is 0 Å². The molecule has 3 nitrogen and oxygen atoms in total. The minimum Gasteiger partial charge on any atom is -0.466 e. The first-order valence-electron chi connectivity index (χ1n) is 5.89. The van der Waals surface area contributed by atoms with Crippen LogP contribution in [0, 0.1) is 0 Å². The lowest BCUT2D eigenvalue weighted by atomic mass is 10.1. The van der Waals surface area contributed by atoms with Gasteiger partial charge in [0.2, 0.25) is 0 Å². The van der Waals surface area contributed by atoms with Gasteiger partial charge in [0.25, 0.3) is 0 Å². The van der Waals surface area contributed by atoms with Crippen molar-refractivity contribution in [2.75, 3.05) is 25.7 Å². The summed E-state index contributed by atoms with van der Waals surface area (Å²) in [7, 11) is 2.08. The molecule has 0 aliphatic rings. The molecular formula is C12H25NO2S. The molecule has 96 valence electrons.